The van der Waals surface area contributed by atoms with E-state index in [2.05, 4.69) is 5.32 Å². The van der Waals surface area contributed by atoms with Crippen molar-refractivity contribution in [1.82, 2.24) is 9.62 Å². The second-order valence-corrected chi connectivity index (χ2v) is 8.51. The number of thiophene rings is 1. The van der Waals surface area contributed by atoms with Crippen molar-refractivity contribution < 1.29 is 27.1 Å². The number of hydrogen-bond donors (Lipinski definition) is 1. The highest BCUT2D eigenvalue weighted by atomic mass is 32.2. The lowest BCUT2D eigenvalue weighted by atomic mass is 10.3. The highest BCUT2D eigenvalue weighted by Crippen LogP contribution is 2.25. The predicted molar refractivity (Wildman–Crippen MR) is 98.1 cm³/mol. The molecule has 0 saturated carbocycles. The molecule has 1 amide bonds. The number of rotatable bonds is 7. The number of amides is 1. The molecule has 0 aliphatic carbocycles. The molecule has 0 unspecified atom stereocenters. The molecular formula is C17H19FN2O5S2. The standard InChI is InChI=1S/C17H19FN2O5S2/c18-13-1-3-14(4-2-13)25-9-6-19-17(21)16-15(5-12-26-16)27(22,23)20-7-10-24-11-8-20/h1-5,12H,6-11H2,(H,19,21). The molecule has 10 heteroatoms. The van der Waals surface area contributed by atoms with Gasteiger partial charge < -0.3 is 14.8 Å². The number of benzene rings is 1. The lowest BCUT2D eigenvalue weighted by molar-refractivity contribution is 0.0730. The molecule has 1 aliphatic rings. The number of hydrogen-bond acceptors (Lipinski definition) is 6. The Balaban J connectivity index is 1.57. The average Bonchev–Trinajstić information content (AvgIpc) is 3.18. The van der Waals surface area contributed by atoms with Crippen LogP contribution in [0.5, 0.6) is 5.75 Å². The van der Waals surface area contributed by atoms with Gasteiger partial charge >= 0.3 is 0 Å². The normalized spacial score (nSPS) is 15.4. The molecule has 0 atom stereocenters. The molecule has 0 bridgehead atoms. The average molecular weight is 414 g/mol. The van der Waals surface area contributed by atoms with Crippen LogP contribution < -0.4 is 10.1 Å². The van der Waals surface area contributed by atoms with Crippen LogP contribution in [0.4, 0.5) is 4.39 Å². The summed E-state index contributed by atoms with van der Waals surface area (Å²) in [7, 11) is -3.74. The monoisotopic (exact) mass is 414 g/mol. The second-order valence-electron chi connectivity index (χ2n) is 5.69. The number of sulfonamides is 1. The van der Waals surface area contributed by atoms with Crippen LogP contribution in [0.1, 0.15) is 9.67 Å². The predicted octanol–water partition coefficient (Wildman–Crippen LogP) is 1.72. The summed E-state index contributed by atoms with van der Waals surface area (Å²) in [5.74, 6) is -0.348. The van der Waals surface area contributed by atoms with Gasteiger partial charge in [0.2, 0.25) is 10.0 Å². The minimum atomic E-state index is -3.74. The Labute approximate surface area is 160 Å². The third-order valence-corrected chi connectivity index (χ3v) is 6.88. The molecule has 0 radical (unpaired) electrons. The molecule has 1 aliphatic heterocycles. The molecule has 1 fully saturated rings. The summed E-state index contributed by atoms with van der Waals surface area (Å²) in [6.07, 6.45) is 0. The Morgan fingerprint density at radius 1 is 1.22 bits per heavy atom. The van der Waals surface area contributed by atoms with Crippen LogP contribution in [0, 0.1) is 5.82 Å². The zero-order valence-corrected chi connectivity index (χ0v) is 16.0. The van der Waals surface area contributed by atoms with Crippen LogP contribution in [-0.2, 0) is 14.8 Å². The van der Waals surface area contributed by atoms with Gasteiger partial charge in [-0.1, -0.05) is 0 Å². The van der Waals surface area contributed by atoms with Gasteiger partial charge in [0.05, 0.1) is 19.8 Å². The first-order valence-corrected chi connectivity index (χ1v) is 10.6. The van der Waals surface area contributed by atoms with E-state index in [1.165, 1.54) is 34.6 Å². The largest absolute Gasteiger partial charge is 0.492 e. The molecule has 2 heterocycles. The molecule has 1 aromatic heterocycles. The first-order chi connectivity index (χ1) is 13.0. The van der Waals surface area contributed by atoms with Crippen molar-refractivity contribution in [2.75, 3.05) is 39.5 Å². The van der Waals surface area contributed by atoms with E-state index in [0.29, 0.717) is 19.0 Å². The Morgan fingerprint density at radius 3 is 2.63 bits per heavy atom. The van der Waals surface area contributed by atoms with Gasteiger partial charge in [-0.25, -0.2) is 12.8 Å². The molecule has 0 spiro atoms. The van der Waals surface area contributed by atoms with Crippen molar-refractivity contribution in [3.8, 4) is 5.75 Å². The maximum absolute atomic E-state index is 12.8. The van der Waals surface area contributed by atoms with Gasteiger partial charge in [0.15, 0.2) is 0 Å². The van der Waals surface area contributed by atoms with Gasteiger partial charge in [-0.05, 0) is 35.7 Å². The van der Waals surface area contributed by atoms with Gasteiger partial charge in [0, 0.05) is 13.1 Å². The Bertz CT molecular complexity index is 877. The Hall–Kier alpha value is -2.01. The quantitative estimate of drug-likeness (QED) is 0.698. The number of nitrogens with one attached hydrogen (secondary N) is 1. The minimum absolute atomic E-state index is 0.00588. The topological polar surface area (TPSA) is 84.9 Å². The van der Waals surface area contributed by atoms with E-state index in [9.17, 15) is 17.6 Å². The van der Waals surface area contributed by atoms with Gasteiger partial charge in [-0.2, -0.15) is 4.31 Å². The van der Waals surface area contributed by atoms with Crippen LogP contribution in [0.25, 0.3) is 0 Å². The number of halogens is 1. The Morgan fingerprint density at radius 2 is 1.93 bits per heavy atom. The lowest BCUT2D eigenvalue weighted by Crippen LogP contribution is -2.41. The number of carbonyl (C=O) groups is 1. The highest BCUT2D eigenvalue weighted by Gasteiger charge is 2.31. The fourth-order valence-electron chi connectivity index (χ4n) is 2.54. The van der Waals surface area contributed by atoms with Crippen LogP contribution in [-0.4, -0.2) is 58.1 Å². The van der Waals surface area contributed by atoms with E-state index in [-0.39, 0.29) is 41.8 Å². The maximum atomic E-state index is 12.8. The SMILES string of the molecule is O=C(NCCOc1ccc(F)cc1)c1sccc1S(=O)(=O)N1CCOCC1. The summed E-state index contributed by atoms with van der Waals surface area (Å²) in [5.41, 5.74) is 0. The van der Waals surface area contributed by atoms with Crippen molar-refractivity contribution in [3.05, 3.63) is 46.4 Å². The van der Waals surface area contributed by atoms with E-state index in [1.54, 1.807) is 5.38 Å². The highest BCUT2D eigenvalue weighted by molar-refractivity contribution is 7.89. The summed E-state index contributed by atoms with van der Waals surface area (Å²) in [5, 5.41) is 4.23. The molecular weight excluding hydrogens is 395 g/mol. The minimum Gasteiger partial charge on any atom is -0.492 e. The number of morpholine rings is 1. The molecule has 2 aromatic rings. The number of nitrogens with zero attached hydrogens (tertiary/aromatic N) is 1. The van der Waals surface area contributed by atoms with Crippen molar-refractivity contribution in [3.63, 3.8) is 0 Å². The van der Waals surface area contributed by atoms with Gasteiger partial charge in [0.25, 0.3) is 5.91 Å². The van der Waals surface area contributed by atoms with Crippen LogP contribution in [0.15, 0.2) is 40.6 Å². The molecule has 1 aromatic carbocycles. The summed E-state index contributed by atoms with van der Waals surface area (Å²) in [6, 6.07) is 6.98. The summed E-state index contributed by atoms with van der Waals surface area (Å²) in [4.78, 5) is 12.5. The first-order valence-electron chi connectivity index (χ1n) is 8.30. The maximum Gasteiger partial charge on any atom is 0.262 e. The summed E-state index contributed by atoms with van der Waals surface area (Å²) >= 11 is 1.07. The van der Waals surface area contributed by atoms with Crippen molar-refractivity contribution in [2.24, 2.45) is 0 Å². The van der Waals surface area contributed by atoms with Crippen LogP contribution in [0.3, 0.4) is 0 Å². The number of ether oxygens (including phenoxy) is 2. The number of carbonyl (C=O) groups excluding carboxylic acids is 1. The van der Waals surface area contributed by atoms with Gasteiger partial charge in [-0.3, -0.25) is 4.79 Å². The third kappa shape index (κ3) is 4.83. The zero-order chi connectivity index (χ0) is 19.3. The molecule has 27 heavy (non-hydrogen) atoms. The van der Waals surface area contributed by atoms with Crippen LogP contribution >= 0.6 is 11.3 Å². The zero-order valence-electron chi connectivity index (χ0n) is 14.4. The van der Waals surface area contributed by atoms with Gasteiger partial charge in [-0.15, -0.1) is 11.3 Å². The molecule has 7 nitrogen and oxygen atoms in total. The van der Waals surface area contributed by atoms with Crippen molar-refractivity contribution >= 4 is 27.3 Å². The molecule has 1 saturated heterocycles. The second kappa shape index (κ2) is 8.79. The Kier molecular flexibility index (Phi) is 6.42. The fourth-order valence-corrected chi connectivity index (χ4v) is 5.26. The van der Waals surface area contributed by atoms with E-state index < -0.39 is 15.9 Å². The van der Waals surface area contributed by atoms with E-state index in [4.69, 9.17) is 9.47 Å². The first kappa shape index (κ1) is 19.7. The summed E-state index contributed by atoms with van der Waals surface area (Å²) in [6.45, 7) is 1.58. The van der Waals surface area contributed by atoms with E-state index >= 15 is 0 Å². The third-order valence-electron chi connectivity index (χ3n) is 3.89. The van der Waals surface area contributed by atoms with Crippen LogP contribution in [0.2, 0.25) is 0 Å². The van der Waals surface area contributed by atoms with Gasteiger partial charge in [0.1, 0.15) is 27.9 Å². The van der Waals surface area contributed by atoms with E-state index in [1.807, 2.05) is 0 Å². The fraction of sp³-hybridized carbons (Fsp3) is 0.353. The summed E-state index contributed by atoms with van der Waals surface area (Å²) < 4.78 is 50.3. The smallest absolute Gasteiger partial charge is 0.262 e. The molecule has 3 rings (SSSR count). The van der Waals surface area contributed by atoms with E-state index in [0.717, 1.165) is 11.3 Å². The van der Waals surface area contributed by atoms with Crippen molar-refractivity contribution in [2.45, 2.75) is 4.90 Å². The molecule has 1 N–H and O–H groups in total. The molecule has 146 valence electrons. The lowest BCUT2D eigenvalue weighted by Gasteiger charge is -2.26. The van der Waals surface area contributed by atoms with Crippen molar-refractivity contribution in [1.29, 1.82) is 0 Å².